The number of nitrogens with zero attached hydrogens (tertiary/aromatic N) is 3. The maximum Gasteiger partial charge on any atom is 0.338 e. The van der Waals surface area contributed by atoms with E-state index in [1.807, 2.05) is 6.26 Å². The van der Waals surface area contributed by atoms with Crippen LogP contribution in [0.2, 0.25) is 0 Å². The Morgan fingerprint density at radius 2 is 2.15 bits per heavy atom. The van der Waals surface area contributed by atoms with Crippen LogP contribution in [0.4, 0.5) is 0 Å². The second-order valence-electron chi connectivity index (χ2n) is 4.25. The third-order valence-corrected chi connectivity index (χ3v) is 5.95. The topological polar surface area (TPSA) is 76.0 Å². The van der Waals surface area contributed by atoms with Gasteiger partial charge in [-0.25, -0.2) is 9.78 Å². The van der Waals surface area contributed by atoms with E-state index in [9.17, 15) is 9.90 Å². The van der Waals surface area contributed by atoms with Gasteiger partial charge in [0.2, 0.25) is 0 Å². The maximum absolute atomic E-state index is 11.4. The minimum Gasteiger partial charge on any atom is -0.478 e. The van der Waals surface area contributed by atoms with Gasteiger partial charge in [0.1, 0.15) is 5.03 Å². The van der Waals surface area contributed by atoms with Crippen LogP contribution in [0.1, 0.15) is 28.0 Å². The molecule has 0 atom stereocenters. The van der Waals surface area contributed by atoms with Crippen molar-refractivity contribution in [3.05, 3.63) is 22.9 Å². The Labute approximate surface area is 128 Å². The van der Waals surface area contributed by atoms with Gasteiger partial charge in [-0.2, -0.15) is 0 Å². The molecule has 0 spiro atoms. The van der Waals surface area contributed by atoms with Crippen molar-refractivity contribution in [1.29, 1.82) is 0 Å². The molecule has 0 radical (unpaired) electrons. The molecular formula is C12H11N3O2S3. The van der Waals surface area contributed by atoms with E-state index in [0.717, 1.165) is 39.2 Å². The van der Waals surface area contributed by atoms with Crippen LogP contribution in [-0.2, 0) is 12.8 Å². The second-order valence-corrected chi connectivity index (χ2v) is 7.51. The molecule has 20 heavy (non-hydrogen) atoms. The Bertz CT molecular complexity index is 672. The number of aromatic nitrogens is 3. The van der Waals surface area contributed by atoms with Crippen LogP contribution in [0.5, 0.6) is 0 Å². The van der Waals surface area contributed by atoms with Crippen LogP contribution >= 0.6 is 34.9 Å². The molecule has 1 aliphatic carbocycles. The first kappa shape index (κ1) is 13.8. The van der Waals surface area contributed by atoms with Crippen molar-refractivity contribution in [2.75, 3.05) is 6.26 Å². The Morgan fingerprint density at radius 1 is 1.35 bits per heavy atom. The predicted molar refractivity (Wildman–Crippen MR) is 79.0 cm³/mol. The number of carbonyl (C=O) groups is 1. The molecule has 0 saturated carbocycles. The minimum atomic E-state index is -0.940. The lowest BCUT2D eigenvalue weighted by Gasteiger charge is -2.06. The van der Waals surface area contributed by atoms with Crippen LogP contribution in [0, 0.1) is 0 Å². The van der Waals surface area contributed by atoms with Crippen molar-refractivity contribution in [3.8, 4) is 0 Å². The molecule has 1 aliphatic rings. The van der Waals surface area contributed by atoms with E-state index in [2.05, 4.69) is 15.2 Å². The molecule has 3 rings (SSSR count). The summed E-state index contributed by atoms with van der Waals surface area (Å²) in [6, 6.07) is 1.76. The molecule has 8 heteroatoms. The third kappa shape index (κ3) is 2.68. The fourth-order valence-electron chi connectivity index (χ4n) is 2.09. The smallest absolute Gasteiger partial charge is 0.338 e. The van der Waals surface area contributed by atoms with Crippen LogP contribution in [0.15, 0.2) is 19.8 Å². The molecule has 0 unspecified atom stereocenters. The van der Waals surface area contributed by atoms with Gasteiger partial charge in [-0.3, -0.25) is 0 Å². The van der Waals surface area contributed by atoms with Crippen LogP contribution in [0.25, 0.3) is 0 Å². The van der Waals surface area contributed by atoms with Gasteiger partial charge in [0.25, 0.3) is 0 Å². The molecule has 0 fully saturated rings. The van der Waals surface area contributed by atoms with Gasteiger partial charge in [-0.05, 0) is 48.9 Å². The van der Waals surface area contributed by atoms with Gasteiger partial charge in [0.15, 0.2) is 8.68 Å². The van der Waals surface area contributed by atoms with Crippen molar-refractivity contribution in [1.82, 2.24) is 15.2 Å². The molecular weight excluding hydrogens is 314 g/mol. The molecule has 5 nitrogen and oxygen atoms in total. The van der Waals surface area contributed by atoms with E-state index >= 15 is 0 Å². The number of carboxylic acids is 1. The molecule has 0 aromatic carbocycles. The quantitative estimate of drug-likeness (QED) is 0.866. The molecule has 0 saturated heterocycles. The van der Waals surface area contributed by atoms with Gasteiger partial charge in [-0.1, -0.05) is 23.1 Å². The first-order chi connectivity index (χ1) is 9.67. The molecule has 2 heterocycles. The van der Waals surface area contributed by atoms with Crippen molar-refractivity contribution >= 4 is 40.8 Å². The molecule has 0 aliphatic heterocycles. The highest BCUT2D eigenvalue weighted by atomic mass is 32.2. The predicted octanol–water partition coefficient (Wildman–Crippen LogP) is 2.99. The average molecular weight is 325 g/mol. The minimum absolute atomic E-state index is 0.261. The van der Waals surface area contributed by atoms with Crippen LogP contribution < -0.4 is 0 Å². The van der Waals surface area contributed by atoms with E-state index in [1.54, 1.807) is 6.07 Å². The van der Waals surface area contributed by atoms with Crippen molar-refractivity contribution < 1.29 is 9.90 Å². The highest BCUT2D eigenvalue weighted by Gasteiger charge is 2.21. The molecule has 104 valence electrons. The normalized spacial score (nSPS) is 13.4. The highest BCUT2D eigenvalue weighted by Crippen LogP contribution is 2.35. The lowest BCUT2D eigenvalue weighted by Crippen LogP contribution is -2.04. The highest BCUT2D eigenvalue weighted by molar-refractivity contribution is 8.03. The van der Waals surface area contributed by atoms with E-state index in [0.29, 0.717) is 5.03 Å². The number of carboxylic acid groups (broad SMARTS) is 1. The molecule has 2 aromatic rings. The number of hydrogen-bond acceptors (Lipinski definition) is 7. The summed E-state index contributed by atoms with van der Waals surface area (Å²) in [7, 11) is 0. The fraction of sp³-hybridized carbons (Fsp3) is 0.333. The monoisotopic (exact) mass is 325 g/mol. The van der Waals surface area contributed by atoms with Crippen molar-refractivity contribution in [3.63, 3.8) is 0 Å². The zero-order chi connectivity index (χ0) is 14.1. The van der Waals surface area contributed by atoms with E-state index in [1.165, 1.54) is 34.9 Å². The summed E-state index contributed by atoms with van der Waals surface area (Å²) in [5.41, 5.74) is 2.34. The number of pyridine rings is 1. The summed E-state index contributed by atoms with van der Waals surface area (Å²) in [5.74, 6) is -0.940. The third-order valence-electron chi connectivity index (χ3n) is 2.99. The van der Waals surface area contributed by atoms with Gasteiger partial charge in [0, 0.05) is 5.69 Å². The number of fused-ring (bicyclic) bond motifs is 1. The fourth-order valence-corrected chi connectivity index (χ4v) is 4.55. The number of aromatic carboxylic acids is 1. The summed E-state index contributed by atoms with van der Waals surface area (Å²) in [6.07, 6.45) is 4.83. The summed E-state index contributed by atoms with van der Waals surface area (Å²) in [4.78, 5) is 15.9. The summed E-state index contributed by atoms with van der Waals surface area (Å²) < 4.78 is 1.59. The van der Waals surface area contributed by atoms with Crippen LogP contribution in [0.3, 0.4) is 0 Å². The van der Waals surface area contributed by atoms with E-state index in [-0.39, 0.29) is 5.56 Å². The van der Waals surface area contributed by atoms with Crippen molar-refractivity contribution in [2.45, 2.75) is 33.0 Å². The van der Waals surface area contributed by atoms with Gasteiger partial charge in [0.05, 0.1) is 5.56 Å². The zero-order valence-corrected chi connectivity index (χ0v) is 13.1. The van der Waals surface area contributed by atoms with E-state index in [4.69, 9.17) is 0 Å². The second kappa shape index (κ2) is 5.71. The summed E-state index contributed by atoms with van der Waals surface area (Å²) in [6.45, 7) is 0. The SMILES string of the molecule is CSc1nnc(Sc2nc3c(cc2C(=O)O)CCC3)s1. The van der Waals surface area contributed by atoms with Crippen molar-refractivity contribution in [2.24, 2.45) is 0 Å². The molecule has 0 amide bonds. The number of thioether (sulfide) groups is 1. The first-order valence-electron chi connectivity index (χ1n) is 5.99. The first-order valence-corrected chi connectivity index (χ1v) is 8.84. The van der Waals surface area contributed by atoms with Gasteiger partial charge >= 0.3 is 5.97 Å². The standard InChI is InChI=1S/C12H11N3O2S3/c1-18-11-14-15-12(20-11)19-9-7(10(16)17)5-6-3-2-4-8(6)13-9/h5H,2-4H2,1H3,(H,16,17). The molecule has 0 bridgehead atoms. The lowest BCUT2D eigenvalue weighted by molar-refractivity contribution is 0.0692. The van der Waals surface area contributed by atoms with Gasteiger partial charge < -0.3 is 5.11 Å². The average Bonchev–Trinajstić information content (AvgIpc) is 3.05. The largest absolute Gasteiger partial charge is 0.478 e. The Morgan fingerprint density at radius 3 is 2.85 bits per heavy atom. The molecule has 1 N–H and O–H groups in total. The van der Waals surface area contributed by atoms with E-state index < -0.39 is 5.97 Å². The van der Waals surface area contributed by atoms with Crippen LogP contribution in [-0.4, -0.2) is 32.5 Å². The number of aryl methyl sites for hydroxylation is 2. The Hall–Kier alpha value is -1.12. The summed E-state index contributed by atoms with van der Waals surface area (Å²) in [5, 5.41) is 17.9. The number of hydrogen-bond donors (Lipinski definition) is 1. The lowest BCUT2D eigenvalue weighted by atomic mass is 10.1. The Balaban J connectivity index is 1.97. The number of rotatable bonds is 4. The maximum atomic E-state index is 11.4. The zero-order valence-electron chi connectivity index (χ0n) is 10.6. The molecule has 2 aromatic heterocycles. The Kier molecular flexibility index (Phi) is 3.95. The van der Waals surface area contributed by atoms with Gasteiger partial charge in [-0.15, -0.1) is 10.2 Å². The summed E-state index contributed by atoms with van der Waals surface area (Å²) >= 11 is 4.26.